The topological polar surface area (TPSA) is 32.5 Å². The number of nitrogens with zero attached hydrogens (tertiary/aromatic N) is 2. The molecule has 0 radical (unpaired) electrons. The van der Waals surface area contributed by atoms with E-state index < -0.39 is 0 Å². The minimum absolute atomic E-state index is 0.165. The molecular formula is C14H31N3. The minimum atomic E-state index is 0.165. The normalized spacial score (nSPS) is 31.8. The molecular weight excluding hydrogens is 210 g/mol. The zero-order chi connectivity index (χ0) is 13.2. The van der Waals surface area contributed by atoms with Gasteiger partial charge in [-0.15, -0.1) is 0 Å². The Morgan fingerprint density at radius 1 is 1.24 bits per heavy atom. The Morgan fingerprint density at radius 3 is 2.06 bits per heavy atom. The number of piperazine rings is 1. The van der Waals surface area contributed by atoms with Gasteiger partial charge in [-0.2, -0.15) is 0 Å². The highest BCUT2D eigenvalue weighted by atomic mass is 15.3. The van der Waals surface area contributed by atoms with Crippen LogP contribution in [0, 0.1) is 5.92 Å². The monoisotopic (exact) mass is 241 g/mol. The molecule has 0 spiro atoms. The van der Waals surface area contributed by atoms with E-state index in [0.29, 0.717) is 18.0 Å². The van der Waals surface area contributed by atoms with E-state index in [0.717, 1.165) is 19.6 Å². The van der Waals surface area contributed by atoms with E-state index in [9.17, 15) is 0 Å². The van der Waals surface area contributed by atoms with E-state index >= 15 is 0 Å². The molecule has 1 aliphatic heterocycles. The summed E-state index contributed by atoms with van der Waals surface area (Å²) in [6.07, 6.45) is 1.19. The van der Waals surface area contributed by atoms with Gasteiger partial charge < -0.3 is 5.73 Å². The van der Waals surface area contributed by atoms with Gasteiger partial charge in [0.1, 0.15) is 0 Å². The number of hydrogen-bond donors (Lipinski definition) is 1. The highest BCUT2D eigenvalue weighted by Gasteiger charge is 2.37. The van der Waals surface area contributed by atoms with Gasteiger partial charge in [-0.1, -0.05) is 13.8 Å². The van der Waals surface area contributed by atoms with Gasteiger partial charge in [-0.3, -0.25) is 9.80 Å². The van der Waals surface area contributed by atoms with E-state index in [2.05, 4.69) is 51.5 Å². The molecule has 2 N–H and O–H groups in total. The van der Waals surface area contributed by atoms with Crippen molar-refractivity contribution in [2.75, 3.05) is 26.7 Å². The molecule has 3 nitrogen and oxygen atoms in total. The third-order valence-electron chi connectivity index (χ3n) is 4.41. The Labute approximate surface area is 107 Å². The Hall–Kier alpha value is -0.120. The van der Waals surface area contributed by atoms with Gasteiger partial charge in [0.15, 0.2) is 0 Å². The van der Waals surface area contributed by atoms with Crippen LogP contribution in [-0.2, 0) is 0 Å². The van der Waals surface area contributed by atoms with Crippen molar-refractivity contribution >= 4 is 0 Å². The molecule has 0 aromatic rings. The van der Waals surface area contributed by atoms with Crippen molar-refractivity contribution < 1.29 is 0 Å². The van der Waals surface area contributed by atoms with Crippen LogP contribution in [-0.4, -0.2) is 54.1 Å². The van der Waals surface area contributed by atoms with E-state index in [1.807, 2.05) is 0 Å². The quantitative estimate of drug-likeness (QED) is 0.814. The van der Waals surface area contributed by atoms with Crippen molar-refractivity contribution in [1.82, 2.24) is 9.80 Å². The van der Waals surface area contributed by atoms with Gasteiger partial charge in [0, 0.05) is 37.3 Å². The molecule has 0 saturated carbocycles. The van der Waals surface area contributed by atoms with Crippen LogP contribution in [0.15, 0.2) is 0 Å². The predicted octanol–water partition coefficient (Wildman–Crippen LogP) is 1.77. The van der Waals surface area contributed by atoms with E-state index in [-0.39, 0.29) is 5.54 Å². The summed E-state index contributed by atoms with van der Waals surface area (Å²) in [5.41, 5.74) is 6.22. The lowest BCUT2D eigenvalue weighted by Crippen LogP contribution is -2.63. The van der Waals surface area contributed by atoms with Crippen molar-refractivity contribution in [3.05, 3.63) is 0 Å². The molecule has 17 heavy (non-hydrogen) atoms. The summed E-state index contributed by atoms with van der Waals surface area (Å²) in [7, 11) is 2.23. The fraction of sp³-hybridized carbons (Fsp3) is 1.00. The zero-order valence-corrected chi connectivity index (χ0v) is 12.5. The second-order valence-corrected chi connectivity index (χ2v) is 6.57. The minimum Gasteiger partial charge on any atom is -0.329 e. The molecule has 3 heteroatoms. The standard InChI is InChI=1S/C14H31N3/c1-11(2)7-14(5,10-15)17-8-12(3)16(6)13(4)9-17/h11-13H,7-10,15H2,1-6H3. The van der Waals surface area contributed by atoms with Crippen molar-refractivity contribution in [3.8, 4) is 0 Å². The van der Waals surface area contributed by atoms with Crippen LogP contribution in [0.2, 0.25) is 0 Å². The maximum Gasteiger partial charge on any atom is 0.0307 e. The molecule has 102 valence electrons. The van der Waals surface area contributed by atoms with Gasteiger partial charge in [-0.25, -0.2) is 0 Å². The third-order valence-corrected chi connectivity index (χ3v) is 4.41. The van der Waals surface area contributed by atoms with Crippen molar-refractivity contribution in [1.29, 1.82) is 0 Å². The lowest BCUT2D eigenvalue weighted by molar-refractivity contribution is -0.0104. The number of nitrogens with two attached hydrogens (primary N) is 1. The van der Waals surface area contributed by atoms with E-state index in [4.69, 9.17) is 5.73 Å². The molecule has 1 saturated heterocycles. The van der Waals surface area contributed by atoms with Crippen molar-refractivity contribution in [3.63, 3.8) is 0 Å². The highest BCUT2D eigenvalue weighted by molar-refractivity contribution is 4.94. The van der Waals surface area contributed by atoms with Gasteiger partial charge in [-0.05, 0) is 40.2 Å². The molecule has 0 aromatic heterocycles. The number of rotatable bonds is 4. The molecule has 1 aliphatic rings. The molecule has 0 aromatic carbocycles. The molecule has 3 atom stereocenters. The summed E-state index contributed by atoms with van der Waals surface area (Å²) >= 11 is 0. The molecule has 3 unspecified atom stereocenters. The Bertz CT molecular complexity index is 230. The molecule has 1 fully saturated rings. The number of likely N-dealkylation sites (N-methyl/N-ethyl adjacent to an activating group) is 1. The summed E-state index contributed by atoms with van der Waals surface area (Å²) in [6.45, 7) is 14.6. The fourth-order valence-corrected chi connectivity index (χ4v) is 3.07. The fourth-order valence-electron chi connectivity index (χ4n) is 3.07. The SMILES string of the molecule is CC(C)CC(C)(CN)N1CC(C)N(C)C(C)C1. The van der Waals surface area contributed by atoms with E-state index in [1.54, 1.807) is 0 Å². The average Bonchev–Trinajstić information content (AvgIpc) is 2.24. The van der Waals surface area contributed by atoms with Crippen LogP contribution in [0.5, 0.6) is 0 Å². The van der Waals surface area contributed by atoms with Gasteiger partial charge in [0.2, 0.25) is 0 Å². The highest BCUT2D eigenvalue weighted by Crippen LogP contribution is 2.27. The van der Waals surface area contributed by atoms with Gasteiger partial charge >= 0.3 is 0 Å². The maximum absolute atomic E-state index is 6.06. The second kappa shape index (κ2) is 5.68. The van der Waals surface area contributed by atoms with Crippen LogP contribution in [0.3, 0.4) is 0 Å². The number of hydrogen-bond acceptors (Lipinski definition) is 3. The largest absolute Gasteiger partial charge is 0.329 e. The molecule has 1 rings (SSSR count). The molecule has 1 heterocycles. The molecule has 0 aliphatic carbocycles. The Morgan fingerprint density at radius 2 is 1.71 bits per heavy atom. The summed E-state index contributed by atoms with van der Waals surface area (Å²) < 4.78 is 0. The summed E-state index contributed by atoms with van der Waals surface area (Å²) in [4.78, 5) is 5.09. The predicted molar refractivity (Wildman–Crippen MR) is 75.2 cm³/mol. The first kappa shape index (κ1) is 14.9. The maximum atomic E-state index is 6.06. The van der Waals surface area contributed by atoms with Crippen LogP contribution >= 0.6 is 0 Å². The van der Waals surface area contributed by atoms with Crippen LogP contribution in [0.25, 0.3) is 0 Å². The average molecular weight is 241 g/mol. The van der Waals surface area contributed by atoms with Gasteiger partial charge in [0.05, 0.1) is 0 Å². The second-order valence-electron chi connectivity index (χ2n) is 6.57. The van der Waals surface area contributed by atoms with Gasteiger partial charge in [0.25, 0.3) is 0 Å². The first-order valence-electron chi connectivity index (χ1n) is 6.97. The first-order valence-corrected chi connectivity index (χ1v) is 6.97. The third kappa shape index (κ3) is 3.43. The van der Waals surface area contributed by atoms with Crippen LogP contribution < -0.4 is 5.73 Å². The first-order chi connectivity index (χ1) is 7.80. The molecule has 0 amide bonds. The van der Waals surface area contributed by atoms with Crippen LogP contribution in [0.4, 0.5) is 0 Å². The smallest absolute Gasteiger partial charge is 0.0307 e. The Balaban J connectivity index is 2.76. The van der Waals surface area contributed by atoms with Crippen molar-refractivity contribution in [2.24, 2.45) is 11.7 Å². The van der Waals surface area contributed by atoms with Crippen molar-refractivity contribution in [2.45, 2.75) is 58.7 Å². The Kier molecular flexibility index (Phi) is 4.99. The van der Waals surface area contributed by atoms with Crippen LogP contribution in [0.1, 0.15) is 41.0 Å². The van der Waals surface area contributed by atoms with E-state index in [1.165, 1.54) is 6.42 Å². The summed E-state index contributed by atoms with van der Waals surface area (Å²) in [5, 5.41) is 0. The lowest BCUT2D eigenvalue weighted by Gasteiger charge is -2.50. The molecule has 0 bridgehead atoms. The summed E-state index contributed by atoms with van der Waals surface area (Å²) in [6, 6.07) is 1.24. The summed E-state index contributed by atoms with van der Waals surface area (Å²) in [5.74, 6) is 0.703. The zero-order valence-electron chi connectivity index (χ0n) is 12.5. The lowest BCUT2D eigenvalue weighted by atomic mass is 9.87.